The third kappa shape index (κ3) is 2.42. The maximum Gasteiger partial charge on any atom is 0.144 e. The number of aromatic nitrogens is 2. The first-order valence-electron chi connectivity index (χ1n) is 8.67. The average molecular weight is 320 g/mol. The van der Waals surface area contributed by atoms with Crippen LogP contribution >= 0.6 is 0 Å². The summed E-state index contributed by atoms with van der Waals surface area (Å²) in [6.07, 6.45) is 3.88. The molecule has 0 atom stereocenters. The molecule has 2 heterocycles. The lowest BCUT2D eigenvalue weighted by atomic mass is 10.00. The smallest absolute Gasteiger partial charge is 0.144 e. The molecule has 0 unspecified atom stereocenters. The van der Waals surface area contributed by atoms with Crippen molar-refractivity contribution in [2.24, 2.45) is 0 Å². The summed E-state index contributed by atoms with van der Waals surface area (Å²) in [6.45, 7) is 0. The number of phenols is 2. The number of hydrogen-bond acceptors (Lipinski definition) is 4. The maximum absolute atomic E-state index is 10.5. The van der Waals surface area contributed by atoms with Crippen molar-refractivity contribution >= 4 is 21.8 Å². The molecule has 2 aromatic heterocycles. The van der Waals surface area contributed by atoms with Crippen LogP contribution < -0.4 is 0 Å². The molecule has 0 aliphatic heterocycles. The van der Waals surface area contributed by atoms with Gasteiger partial charge in [0.05, 0.1) is 2.74 Å². The van der Waals surface area contributed by atoms with Gasteiger partial charge in [-0.15, -0.1) is 0 Å². The molecule has 2 aromatic carbocycles. The van der Waals surface area contributed by atoms with E-state index >= 15 is 0 Å². The summed E-state index contributed by atoms with van der Waals surface area (Å²) < 4.78 is 15.2. The lowest BCUT2D eigenvalue weighted by Gasteiger charge is -2.09. The van der Waals surface area contributed by atoms with Crippen LogP contribution in [0.2, 0.25) is 0 Å². The first kappa shape index (κ1) is 12.3. The zero-order chi connectivity index (χ0) is 18.3. The van der Waals surface area contributed by atoms with E-state index in [0.29, 0.717) is 36.0 Å². The molecule has 4 aromatic rings. The fraction of sp³-hybridized carbons (Fsp3) is 0.100. The van der Waals surface area contributed by atoms with Crippen LogP contribution in [-0.4, -0.2) is 20.2 Å². The Labute approximate surface area is 141 Å². The molecule has 0 radical (unpaired) electrons. The molecule has 0 aliphatic carbocycles. The third-order valence-corrected chi connectivity index (χ3v) is 4.21. The lowest BCUT2D eigenvalue weighted by Crippen LogP contribution is -1.95. The molecule has 0 fully saturated rings. The minimum Gasteiger partial charge on any atom is -0.505 e. The van der Waals surface area contributed by atoms with Crippen LogP contribution in [0.1, 0.15) is 13.9 Å². The van der Waals surface area contributed by atoms with Crippen LogP contribution in [0, 0.1) is 0 Å². The average Bonchev–Trinajstić information content (AvgIpc) is 2.62. The molecule has 2 N–H and O–H groups in total. The molecule has 4 heteroatoms. The van der Waals surface area contributed by atoms with Crippen LogP contribution in [0.25, 0.3) is 21.8 Å². The fourth-order valence-corrected chi connectivity index (χ4v) is 2.91. The van der Waals surface area contributed by atoms with Crippen molar-refractivity contribution in [3.05, 3.63) is 72.0 Å². The van der Waals surface area contributed by atoms with Gasteiger partial charge in [-0.1, -0.05) is 36.4 Å². The SMILES string of the molecule is [3H]c1cnc2c(O)c(CCc3ccc4cc([3H])cnc4c3O)ccc2c1. The molecule has 118 valence electrons. The van der Waals surface area contributed by atoms with Crippen molar-refractivity contribution in [3.8, 4) is 11.5 Å². The number of phenolic OH excluding ortho intramolecular Hbond substituents is 2. The fourth-order valence-electron chi connectivity index (χ4n) is 2.91. The number of nitrogens with zero attached hydrogens (tertiary/aromatic N) is 2. The Morgan fingerprint density at radius 2 is 1.17 bits per heavy atom. The monoisotopic (exact) mass is 320 g/mol. The van der Waals surface area contributed by atoms with Crippen LogP contribution in [0.5, 0.6) is 11.5 Å². The van der Waals surface area contributed by atoms with Gasteiger partial charge in [-0.05, 0) is 36.1 Å². The summed E-state index contributed by atoms with van der Waals surface area (Å²) in [5.41, 5.74) is 2.42. The van der Waals surface area contributed by atoms with Crippen LogP contribution in [0.3, 0.4) is 0 Å². The molecule has 24 heavy (non-hydrogen) atoms. The number of benzene rings is 2. The number of fused-ring (bicyclic) bond motifs is 2. The van der Waals surface area contributed by atoms with E-state index in [1.165, 1.54) is 12.4 Å². The highest BCUT2D eigenvalue weighted by Gasteiger charge is 2.11. The standard InChI is InChI=1S/C20H16N2O2/c23-19-15(7-5-13-3-1-11-21-17(13)19)9-10-16-8-6-14-4-2-12-22-18(14)20(16)24/h1-8,11-12,23-24H,9-10H2/i1T,2T. The van der Waals surface area contributed by atoms with Gasteiger partial charge in [-0.3, -0.25) is 9.97 Å². The zero-order valence-corrected chi connectivity index (χ0v) is 12.8. The van der Waals surface area contributed by atoms with Crippen molar-refractivity contribution in [1.82, 2.24) is 9.97 Å². The van der Waals surface area contributed by atoms with Gasteiger partial charge in [-0.25, -0.2) is 0 Å². The Morgan fingerprint density at radius 3 is 1.62 bits per heavy atom. The molecule has 4 nitrogen and oxygen atoms in total. The Hall–Kier alpha value is -3.14. The summed E-state index contributed by atoms with van der Waals surface area (Å²) in [4.78, 5) is 8.30. The molecule has 0 saturated carbocycles. The van der Waals surface area contributed by atoms with Gasteiger partial charge in [0.1, 0.15) is 22.5 Å². The highest BCUT2D eigenvalue weighted by Crippen LogP contribution is 2.31. The van der Waals surface area contributed by atoms with Gasteiger partial charge >= 0.3 is 0 Å². The van der Waals surface area contributed by atoms with Crippen molar-refractivity contribution in [3.63, 3.8) is 0 Å². The van der Waals surface area contributed by atoms with Crippen molar-refractivity contribution in [2.75, 3.05) is 0 Å². The summed E-state index contributed by atoms with van der Waals surface area (Å²) in [6, 6.07) is 11.2. The van der Waals surface area contributed by atoms with Gasteiger partial charge < -0.3 is 10.2 Å². The second-order valence-corrected chi connectivity index (χ2v) is 5.66. The largest absolute Gasteiger partial charge is 0.505 e. The summed E-state index contributed by atoms with van der Waals surface area (Å²) in [5, 5.41) is 22.4. The predicted octanol–water partition coefficient (Wildman–Crippen LogP) is 3.98. The highest BCUT2D eigenvalue weighted by molar-refractivity contribution is 5.86. The first-order valence-corrected chi connectivity index (χ1v) is 7.67. The topological polar surface area (TPSA) is 66.2 Å². The minimum atomic E-state index is 0.111. The van der Waals surface area contributed by atoms with Crippen molar-refractivity contribution in [1.29, 1.82) is 0 Å². The van der Waals surface area contributed by atoms with Gasteiger partial charge in [0.2, 0.25) is 0 Å². The third-order valence-electron chi connectivity index (χ3n) is 4.21. The van der Waals surface area contributed by atoms with Crippen molar-refractivity contribution < 1.29 is 13.0 Å². The quantitative estimate of drug-likeness (QED) is 0.599. The van der Waals surface area contributed by atoms with Crippen LogP contribution in [0.15, 0.2) is 60.9 Å². The Balaban J connectivity index is 1.65. The second-order valence-electron chi connectivity index (χ2n) is 5.66. The molecular formula is C20H16N2O2. The van der Waals surface area contributed by atoms with Gasteiger partial charge in [-0.2, -0.15) is 0 Å². The van der Waals surface area contributed by atoms with E-state index in [-0.39, 0.29) is 11.5 Å². The lowest BCUT2D eigenvalue weighted by molar-refractivity contribution is 0.467. The maximum atomic E-state index is 10.5. The minimum absolute atomic E-state index is 0.111. The van der Waals surface area contributed by atoms with Crippen molar-refractivity contribution in [2.45, 2.75) is 12.8 Å². The molecule has 0 spiro atoms. The summed E-state index contributed by atoms with van der Waals surface area (Å²) >= 11 is 0. The highest BCUT2D eigenvalue weighted by atomic mass is 16.3. The van der Waals surface area contributed by atoms with E-state index < -0.39 is 0 Å². The molecule has 0 amide bonds. The Morgan fingerprint density at radius 1 is 0.708 bits per heavy atom. The Bertz CT molecular complexity index is 1050. The molecule has 0 bridgehead atoms. The molecule has 0 aliphatic rings. The second kappa shape index (κ2) is 5.81. The van der Waals surface area contributed by atoms with Crippen LogP contribution in [-0.2, 0) is 12.8 Å². The van der Waals surface area contributed by atoms with Crippen LogP contribution in [0.4, 0.5) is 0 Å². The molecular weight excluding hydrogens is 300 g/mol. The zero-order valence-electron chi connectivity index (χ0n) is 14.8. The first-order chi connectivity index (χ1) is 12.5. The Kier molecular flexibility index (Phi) is 2.98. The van der Waals surface area contributed by atoms with E-state index in [0.717, 1.165) is 21.9 Å². The number of hydrogen-bond donors (Lipinski definition) is 2. The number of rotatable bonds is 3. The van der Waals surface area contributed by atoms with Gasteiger partial charge in [0, 0.05) is 23.2 Å². The number of aryl methyl sites for hydroxylation is 2. The number of pyridine rings is 2. The van der Waals surface area contributed by atoms with E-state index in [1.807, 2.05) is 24.3 Å². The van der Waals surface area contributed by atoms with E-state index in [4.69, 9.17) is 2.74 Å². The summed E-state index contributed by atoms with van der Waals surface area (Å²) in [5.74, 6) is 0.222. The predicted molar refractivity (Wildman–Crippen MR) is 94.2 cm³/mol. The van der Waals surface area contributed by atoms with E-state index in [2.05, 4.69) is 9.97 Å². The van der Waals surface area contributed by atoms with Gasteiger partial charge in [0.15, 0.2) is 0 Å². The number of aromatic hydroxyl groups is 2. The van der Waals surface area contributed by atoms with Gasteiger partial charge in [0.25, 0.3) is 0 Å². The molecule has 4 rings (SSSR count). The van der Waals surface area contributed by atoms with E-state index in [1.54, 1.807) is 12.1 Å². The molecule has 0 saturated heterocycles. The normalized spacial score (nSPS) is 12.3. The van der Waals surface area contributed by atoms with E-state index in [9.17, 15) is 10.2 Å². The summed E-state index contributed by atoms with van der Waals surface area (Å²) in [7, 11) is 0.